The summed E-state index contributed by atoms with van der Waals surface area (Å²) >= 11 is 0. The maximum absolute atomic E-state index is 11.5. The Morgan fingerprint density at radius 1 is 1.21 bits per heavy atom. The first kappa shape index (κ1) is 16.3. The number of carbonyl (C=O) groups excluding carboxylic acids is 1. The van der Waals surface area contributed by atoms with Gasteiger partial charge in [0.1, 0.15) is 0 Å². The van der Waals surface area contributed by atoms with Gasteiger partial charge >= 0.3 is 0 Å². The highest BCUT2D eigenvalue weighted by atomic mass is 16.5. The summed E-state index contributed by atoms with van der Waals surface area (Å²) in [5.74, 6) is -1.16. The molecule has 0 unspecified atom stereocenters. The minimum absolute atomic E-state index is 0.215. The van der Waals surface area contributed by atoms with Crippen molar-refractivity contribution in [2.24, 2.45) is 0 Å². The molecule has 1 saturated heterocycles. The Bertz CT molecular complexity index is 724. The zero-order chi connectivity index (χ0) is 16.9. The first-order valence-electron chi connectivity index (χ1n) is 8.11. The minimum Gasteiger partial charge on any atom is -0.545 e. The number of morpholine rings is 1. The van der Waals surface area contributed by atoms with Crippen LogP contribution in [0.2, 0.25) is 0 Å². The van der Waals surface area contributed by atoms with E-state index in [-0.39, 0.29) is 5.56 Å². The highest BCUT2D eigenvalue weighted by molar-refractivity contribution is 5.94. The third kappa shape index (κ3) is 3.68. The number of carboxylic acid groups (broad SMARTS) is 1. The molecule has 0 saturated carbocycles. The van der Waals surface area contributed by atoms with Gasteiger partial charge in [-0.3, -0.25) is 0 Å². The van der Waals surface area contributed by atoms with E-state index in [0.717, 1.165) is 5.69 Å². The molecule has 0 aliphatic carbocycles. The van der Waals surface area contributed by atoms with Crippen molar-refractivity contribution in [2.45, 2.75) is 13.5 Å². The molecule has 1 N–H and O–H groups in total. The lowest BCUT2D eigenvalue weighted by Gasteiger charge is -2.31. The zero-order valence-corrected chi connectivity index (χ0v) is 13.7. The lowest BCUT2D eigenvalue weighted by molar-refractivity contribution is -0.254. The molecule has 0 atom stereocenters. The fourth-order valence-electron chi connectivity index (χ4n) is 2.90. The van der Waals surface area contributed by atoms with Crippen LogP contribution in [-0.4, -0.2) is 32.3 Å². The summed E-state index contributed by atoms with van der Waals surface area (Å²) in [5, 5.41) is 14.8. The van der Waals surface area contributed by atoms with Crippen LogP contribution in [0, 0.1) is 6.92 Å². The Morgan fingerprint density at radius 3 is 2.67 bits per heavy atom. The Hall–Kier alpha value is -2.53. The molecule has 126 valence electrons. The average Bonchev–Trinajstić information content (AvgIpc) is 2.61. The van der Waals surface area contributed by atoms with Gasteiger partial charge < -0.3 is 24.9 Å². The largest absolute Gasteiger partial charge is 0.545 e. The van der Waals surface area contributed by atoms with Crippen LogP contribution in [-0.2, 0) is 11.3 Å². The van der Waals surface area contributed by atoms with Gasteiger partial charge in [-0.25, -0.2) is 0 Å². The molecular weight excluding hydrogens is 304 g/mol. The van der Waals surface area contributed by atoms with Crippen LogP contribution in [0.3, 0.4) is 0 Å². The third-order valence-electron chi connectivity index (χ3n) is 4.31. The van der Waals surface area contributed by atoms with Crippen molar-refractivity contribution >= 4 is 17.3 Å². The van der Waals surface area contributed by atoms with Crippen LogP contribution >= 0.6 is 0 Å². The van der Waals surface area contributed by atoms with Gasteiger partial charge in [0.05, 0.1) is 19.2 Å². The summed E-state index contributed by atoms with van der Waals surface area (Å²) in [7, 11) is 0. The normalized spacial score (nSPS) is 14.5. The summed E-state index contributed by atoms with van der Waals surface area (Å²) in [6.45, 7) is 5.31. The number of aryl methyl sites for hydroxylation is 1. The van der Waals surface area contributed by atoms with Crippen molar-refractivity contribution in [3.05, 3.63) is 59.2 Å². The van der Waals surface area contributed by atoms with E-state index >= 15 is 0 Å². The Balaban J connectivity index is 1.78. The number of rotatable bonds is 5. The summed E-state index contributed by atoms with van der Waals surface area (Å²) in [5.41, 5.74) is 4.07. The van der Waals surface area contributed by atoms with Gasteiger partial charge in [0, 0.05) is 36.6 Å². The van der Waals surface area contributed by atoms with Crippen LogP contribution in [0.1, 0.15) is 21.5 Å². The molecule has 0 amide bonds. The molecule has 0 spiro atoms. The van der Waals surface area contributed by atoms with Gasteiger partial charge in [0.25, 0.3) is 0 Å². The van der Waals surface area contributed by atoms with Gasteiger partial charge in [0.2, 0.25) is 0 Å². The Kier molecular flexibility index (Phi) is 5.01. The number of nitrogens with one attached hydrogen (secondary N) is 1. The molecule has 0 radical (unpaired) electrons. The van der Waals surface area contributed by atoms with E-state index in [2.05, 4.69) is 24.4 Å². The van der Waals surface area contributed by atoms with Crippen molar-refractivity contribution in [2.75, 3.05) is 36.5 Å². The lowest BCUT2D eigenvalue weighted by atomic mass is 10.1. The first-order chi connectivity index (χ1) is 11.6. The predicted molar refractivity (Wildman–Crippen MR) is 92.3 cm³/mol. The van der Waals surface area contributed by atoms with E-state index in [4.69, 9.17) is 4.74 Å². The number of carbonyl (C=O) groups is 1. The molecule has 1 fully saturated rings. The fraction of sp³-hybridized carbons (Fsp3) is 0.316. The van der Waals surface area contributed by atoms with Crippen molar-refractivity contribution in [1.29, 1.82) is 0 Å². The van der Waals surface area contributed by atoms with Crippen molar-refractivity contribution in [1.82, 2.24) is 0 Å². The molecule has 3 rings (SSSR count). The molecule has 1 heterocycles. The number of ether oxygens (including phenoxy) is 1. The van der Waals surface area contributed by atoms with Gasteiger partial charge in [-0.2, -0.15) is 0 Å². The van der Waals surface area contributed by atoms with Crippen LogP contribution < -0.4 is 15.3 Å². The lowest BCUT2D eigenvalue weighted by Crippen LogP contribution is -2.38. The van der Waals surface area contributed by atoms with E-state index in [1.165, 1.54) is 11.1 Å². The Morgan fingerprint density at radius 2 is 1.96 bits per heavy atom. The number of benzene rings is 2. The van der Waals surface area contributed by atoms with Crippen LogP contribution in [0.25, 0.3) is 0 Å². The molecule has 24 heavy (non-hydrogen) atoms. The van der Waals surface area contributed by atoms with Gasteiger partial charge in [-0.15, -0.1) is 0 Å². The molecule has 1 aliphatic heterocycles. The Labute approximate surface area is 141 Å². The van der Waals surface area contributed by atoms with Gasteiger partial charge in [-0.05, 0) is 36.2 Å². The zero-order valence-electron chi connectivity index (χ0n) is 13.7. The number of nitrogens with zero attached hydrogens (tertiary/aromatic N) is 1. The van der Waals surface area contributed by atoms with Crippen molar-refractivity contribution in [3.8, 4) is 0 Å². The van der Waals surface area contributed by atoms with E-state index in [9.17, 15) is 9.90 Å². The topological polar surface area (TPSA) is 64.6 Å². The van der Waals surface area contributed by atoms with Gasteiger partial charge in [-0.1, -0.05) is 24.3 Å². The van der Waals surface area contributed by atoms with Crippen LogP contribution in [0.5, 0.6) is 0 Å². The van der Waals surface area contributed by atoms with Gasteiger partial charge in [0.15, 0.2) is 0 Å². The number of hydrogen-bond donors (Lipinski definition) is 1. The van der Waals surface area contributed by atoms with E-state index in [1.54, 1.807) is 6.07 Å². The molecule has 5 heteroatoms. The van der Waals surface area contributed by atoms with E-state index < -0.39 is 5.97 Å². The molecular formula is C19H21N2O3-. The third-order valence-corrected chi connectivity index (χ3v) is 4.31. The highest BCUT2D eigenvalue weighted by Gasteiger charge is 2.15. The number of carboxylic acids is 1. The molecule has 0 aromatic heterocycles. The standard InChI is InChI=1S/C19H22N2O3/c1-14-4-2-3-5-15(14)13-20-16-6-7-18(17(12-16)19(22)23)21-8-10-24-11-9-21/h2-7,12,20H,8-11,13H2,1H3,(H,22,23)/p-1. The second-order valence-electron chi connectivity index (χ2n) is 5.90. The maximum Gasteiger partial charge on any atom is 0.0736 e. The molecule has 2 aromatic carbocycles. The second-order valence-corrected chi connectivity index (χ2v) is 5.90. The quantitative estimate of drug-likeness (QED) is 0.908. The molecule has 5 nitrogen and oxygen atoms in total. The smallest absolute Gasteiger partial charge is 0.0736 e. The molecule has 1 aliphatic rings. The molecule has 2 aromatic rings. The number of aromatic carboxylic acids is 1. The first-order valence-corrected chi connectivity index (χ1v) is 8.11. The van der Waals surface area contributed by atoms with Crippen molar-refractivity contribution < 1.29 is 14.6 Å². The fourth-order valence-corrected chi connectivity index (χ4v) is 2.90. The second kappa shape index (κ2) is 7.36. The number of anilines is 2. The average molecular weight is 325 g/mol. The molecule has 0 bridgehead atoms. The maximum atomic E-state index is 11.5. The summed E-state index contributed by atoms with van der Waals surface area (Å²) in [6.07, 6.45) is 0. The van der Waals surface area contributed by atoms with E-state index in [1.807, 2.05) is 29.2 Å². The minimum atomic E-state index is -1.16. The van der Waals surface area contributed by atoms with E-state index in [0.29, 0.717) is 38.5 Å². The summed E-state index contributed by atoms with van der Waals surface area (Å²) in [6, 6.07) is 13.5. The monoisotopic (exact) mass is 325 g/mol. The van der Waals surface area contributed by atoms with Crippen LogP contribution in [0.15, 0.2) is 42.5 Å². The summed E-state index contributed by atoms with van der Waals surface area (Å²) < 4.78 is 5.33. The SMILES string of the molecule is Cc1ccccc1CNc1ccc(N2CCOCC2)c(C(=O)[O-])c1. The predicted octanol–water partition coefficient (Wildman–Crippen LogP) is 1.81. The van der Waals surface area contributed by atoms with Crippen molar-refractivity contribution in [3.63, 3.8) is 0 Å². The highest BCUT2D eigenvalue weighted by Crippen LogP contribution is 2.25. The van der Waals surface area contributed by atoms with Crippen LogP contribution in [0.4, 0.5) is 11.4 Å². The summed E-state index contributed by atoms with van der Waals surface area (Å²) in [4.78, 5) is 13.6. The number of hydrogen-bond acceptors (Lipinski definition) is 5.